The smallest absolute Gasteiger partial charge is 0.292 e. The highest BCUT2D eigenvalue weighted by molar-refractivity contribution is 6.01. The minimum absolute atomic E-state index is 0.0949. The van der Waals surface area contributed by atoms with Crippen LogP contribution in [0.25, 0.3) is 38.2 Å². The number of carbonyl (C=O) groups is 1. The van der Waals surface area contributed by atoms with E-state index in [2.05, 4.69) is 32.8 Å². The number of hydrogen-bond donors (Lipinski definition) is 2. The molecular weight excluding hydrogens is 434 g/mol. The largest absolute Gasteiger partial charge is 0.454 e. The van der Waals surface area contributed by atoms with Crippen molar-refractivity contribution in [3.8, 4) is 11.5 Å². The average Bonchev–Trinajstić information content (AvgIpc) is 3.39. The number of amides is 1. The topological polar surface area (TPSA) is 127 Å². The zero-order valence-corrected chi connectivity index (χ0v) is 18.9. The summed E-state index contributed by atoms with van der Waals surface area (Å²) < 4.78 is 8.06. The van der Waals surface area contributed by atoms with Crippen molar-refractivity contribution in [3.63, 3.8) is 0 Å². The minimum atomic E-state index is -0.435. The zero-order chi connectivity index (χ0) is 24.1. The summed E-state index contributed by atoms with van der Waals surface area (Å²) in [5, 5.41) is 12.4. The first-order chi connectivity index (χ1) is 16.3. The number of nitrogens with two attached hydrogens (primary N) is 1. The number of aromatic amines is 1. The Bertz CT molecular complexity index is 1580. The molecule has 1 aliphatic rings. The molecule has 0 saturated carbocycles. The molecule has 0 spiro atoms. The molecule has 0 unspecified atom stereocenters. The van der Waals surface area contributed by atoms with Crippen LogP contribution >= 0.6 is 0 Å². The number of anilines is 1. The van der Waals surface area contributed by atoms with E-state index in [4.69, 9.17) is 16.7 Å². The molecule has 10 heteroatoms. The molecule has 10 nitrogen and oxygen atoms in total. The van der Waals surface area contributed by atoms with Crippen LogP contribution in [0.5, 0.6) is 0 Å². The lowest BCUT2D eigenvalue weighted by molar-refractivity contribution is -0.128. The average molecular weight is 457 g/mol. The fraction of sp³-hybridized carbons (Fsp3) is 0.292. The second-order valence-corrected chi connectivity index (χ2v) is 8.59. The third kappa shape index (κ3) is 3.25. The van der Waals surface area contributed by atoms with Gasteiger partial charge in [0, 0.05) is 24.0 Å². The maximum atomic E-state index is 12.6. The van der Waals surface area contributed by atoms with E-state index in [1.54, 1.807) is 9.58 Å². The SMILES string of the molecule is [C-]#[N+]C(=C)C(=O)N1CCC(n2nc3c(=O)[nH]nc(N)c3c2-c2oc3ccc(C)cc3c2C)CC1. The fourth-order valence-electron chi connectivity index (χ4n) is 4.64. The highest BCUT2D eigenvalue weighted by Crippen LogP contribution is 2.40. The normalized spacial score (nSPS) is 14.6. The van der Waals surface area contributed by atoms with Crippen molar-refractivity contribution in [1.82, 2.24) is 24.9 Å². The van der Waals surface area contributed by atoms with Gasteiger partial charge in [-0.3, -0.25) is 14.3 Å². The van der Waals surface area contributed by atoms with Crippen molar-refractivity contribution < 1.29 is 9.21 Å². The van der Waals surface area contributed by atoms with Crippen LogP contribution in [0, 0.1) is 20.4 Å². The molecule has 0 atom stereocenters. The maximum absolute atomic E-state index is 12.6. The van der Waals surface area contributed by atoms with E-state index in [0.717, 1.165) is 22.1 Å². The van der Waals surface area contributed by atoms with Crippen LogP contribution in [-0.4, -0.2) is 43.9 Å². The van der Waals surface area contributed by atoms with Crippen molar-refractivity contribution >= 4 is 33.6 Å². The molecule has 34 heavy (non-hydrogen) atoms. The van der Waals surface area contributed by atoms with Gasteiger partial charge < -0.3 is 15.1 Å². The van der Waals surface area contributed by atoms with Crippen molar-refractivity contribution in [1.29, 1.82) is 0 Å². The van der Waals surface area contributed by atoms with Crippen molar-refractivity contribution in [2.75, 3.05) is 18.8 Å². The summed E-state index contributed by atoms with van der Waals surface area (Å²) in [5.41, 5.74) is 9.24. The molecule has 3 N–H and O–H groups in total. The van der Waals surface area contributed by atoms with Gasteiger partial charge in [0.25, 0.3) is 11.5 Å². The van der Waals surface area contributed by atoms with E-state index in [1.165, 1.54) is 0 Å². The number of fused-ring (bicyclic) bond motifs is 2. The van der Waals surface area contributed by atoms with E-state index in [1.807, 2.05) is 26.0 Å². The van der Waals surface area contributed by atoms with Gasteiger partial charge >= 0.3 is 0 Å². The second kappa shape index (κ2) is 7.88. The first kappa shape index (κ1) is 21.5. The van der Waals surface area contributed by atoms with Crippen LogP contribution in [0.1, 0.15) is 30.0 Å². The van der Waals surface area contributed by atoms with Crippen LogP contribution in [0.3, 0.4) is 0 Å². The number of aromatic nitrogens is 4. The van der Waals surface area contributed by atoms with Gasteiger partial charge in [-0.2, -0.15) is 10.2 Å². The fourth-order valence-corrected chi connectivity index (χ4v) is 4.64. The zero-order valence-electron chi connectivity index (χ0n) is 18.9. The van der Waals surface area contributed by atoms with Crippen molar-refractivity contribution in [2.24, 2.45) is 0 Å². The molecule has 1 aliphatic heterocycles. The number of nitrogen functional groups attached to an aromatic ring is 1. The van der Waals surface area contributed by atoms with Crippen molar-refractivity contribution in [3.05, 3.63) is 63.4 Å². The molecule has 0 radical (unpaired) electrons. The molecule has 1 aromatic carbocycles. The van der Waals surface area contributed by atoms with Gasteiger partial charge in [0.15, 0.2) is 17.1 Å². The van der Waals surface area contributed by atoms with Crippen LogP contribution in [0.2, 0.25) is 0 Å². The number of H-pyrrole nitrogens is 1. The Labute approximate surface area is 194 Å². The molecule has 5 rings (SSSR count). The van der Waals surface area contributed by atoms with Gasteiger partial charge in [-0.1, -0.05) is 18.2 Å². The predicted octanol–water partition coefficient (Wildman–Crippen LogP) is 3.33. The summed E-state index contributed by atoms with van der Waals surface area (Å²) in [4.78, 5) is 29.7. The van der Waals surface area contributed by atoms with Crippen LogP contribution in [0.15, 0.2) is 39.7 Å². The number of furan rings is 1. The lowest BCUT2D eigenvalue weighted by atomic mass is 10.0. The number of hydrogen-bond acceptors (Lipinski definition) is 6. The second-order valence-electron chi connectivity index (χ2n) is 8.59. The Hall–Kier alpha value is -4.39. The molecular formula is C24H23N7O3. The number of piperidine rings is 1. The maximum Gasteiger partial charge on any atom is 0.292 e. The lowest BCUT2D eigenvalue weighted by Gasteiger charge is -2.32. The van der Waals surface area contributed by atoms with E-state index in [0.29, 0.717) is 42.8 Å². The number of nitrogens with one attached hydrogen (secondary N) is 1. The molecule has 4 aromatic rings. The van der Waals surface area contributed by atoms with Gasteiger partial charge in [-0.25, -0.2) is 9.94 Å². The lowest BCUT2D eigenvalue weighted by Crippen LogP contribution is -2.39. The highest BCUT2D eigenvalue weighted by atomic mass is 16.3. The van der Waals surface area contributed by atoms with E-state index >= 15 is 0 Å². The molecule has 1 amide bonds. The van der Waals surface area contributed by atoms with E-state index in [-0.39, 0.29) is 29.0 Å². The Kier molecular flexibility index (Phi) is 4.97. The molecule has 1 fully saturated rings. The predicted molar refractivity (Wildman–Crippen MR) is 128 cm³/mol. The Morgan fingerprint density at radius 1 is 1.32 bits per heavy atom. The number of benzene rings is 1. The minimum Gasteiger partial charge on any atom is -0.454 e. The molecule has 3 aromatic heterocycles. The summed E-state index contributed by atoms with van der Waals surface area (Å²) in [6, 6.07) is 5.85. The first-order valence-corrected chi connectivity index (χ1v) is 10.9. The van der Waals surface area contributed by atoms with Crippen LogP contribution < -0.4 is 11.3 Å². The summed E-state index contributed by atoms with van der Waals surface area (Å²) in [6.07, 6.45) is 1.17. The summed E-state index contributed by atoms with van der Waals surface area (Å²) >= 11 is 0. The third-order valence-electron chi connectivity index (χ3n) is 6.45. The number of aryl methyl sites for hydroxylation is 2. The Morgan fingerprint density at radius 2 is 2.06 bits per heavy atom. The monoisotopic (exact) mass is 457 g/mol. The van der Waals surface area contributed by atoms with Crippen LogP contribution in [0.4, 0.5) is 5.82 Å². The molecule has 172 valence electrons. The summed E-state index contributed by atoms with van der Waals surface area (Å²) in [6.45, 7) is 15.4. The van der Waals surface area contributed by atoms with Gasteiger partial charge in [0.1, 0.15) is 11.3 Å². The summed E-state index contributed by atoms with van der Waals surface area (Å²) in [7, 11) is 0. The first-order valence-electron chi connectivity index (χ1n) is 10.9. The van der Waals surface area contributed by atoms with Gasteiger partial charge in [0.2, 0.25) is 5.70 Å². The number of rotatable bonds is 3. The molecule has 0 aliphatic carbocycles. The number of carbonyl (C=O) groups excluding carboxylic acids is 1. The van der Waals surface area contributed by atoms with Gasteiger partial charge in [-0.15, -0.1) is 0 Å². The Morgan fingerprint density at radius 3 is 2.76 bits per heavy atom. The van der Waals surface area contributed by atoms with Crippen molar-refractivity contribution in [2.45, 2.75) is 32.7 Å². The number of nitrogens with zero attached hydrogens (tertiary/aromatic N) is 5. The van der Waals surface area contributed by atoms with Gasteiger partial charge in [0.05, 0.1) is 18.0 Å². The number of likely N-dealkylation sites (tertiary alicyclic amines) is 1. The van der Waals surface area contributed by atoms with Gasteiger partial charge in [-0.05, 0) is 38.8 Å². The molecule has 1 saturated heterocycles. The molecule has 4 heterocycles. The third-order valence-corrected chi connectivity index (χ3v) is 6.45. The standard InChI is InChI=1S/C24H23N7O3/c1-12-5-6-17-16(11-12)13(2)21(34-17)20-18-19(23(32)28-27-22(18)25)29-31(20)15-7-9-30(10-8-15)24(33)14(3)26-4/h5-6,11,15H,3,7-10H2,1-2H3,(H2,25,27)(H,28,32). The quantitative estimate of drug-likeness (QED) is 0.359. The molecule has 0 bridgehead atoms. The van der Waals surface area contributed by atoms with E-state index in [9.17, 15) is 9.59 Å². The van der Waals surface area contributed by atoms with E-state index < -0.39 is 5.56 Å². The summed E-state index contributed by atoms with van der Waals surface area (Å²) in [5.74, 6) is 0.391. The Balaban J connectivity index is 1.65. The highest BCUT2D eigenvalue weighted by Gasteiger charge is 2.31. The van der Waals surface area contributed by atoms with Crippen LogP contribution in [-0.2, 0) is 4.79 Å².